The van der Waals surface area contributed by atoms with Crippen LogP contribution in [-0.4, -0.2) is 38.3 Å². The fourth-order valence-electron chi connectivity index (χ4n) is 5.16. The Bertz CT molecular complexity index is 1540. The maximum atomic E-state index is 12.9. The number of fused-ring (bicyclic) bond motifs is 1. The Morgan fingerprint density at radius 3 is 2.59 bits per heavy atom. The molecule has 0 bridgehead atoms. The zero-order chi connectivity index (χ0) is 29.7. The highest BCUT2D eigenvalue weighted by Crippen LogP contribution is 2.37. The number of esters is 1. The zero-order valence-corrected chi connectivity index (χ0v) is 24.2. The Morgan fingerprint density at radius 1 is 1.24 bits per heavy atom. The number of hydrazone groups is 1. The van der Waals surface area contributed by atoms with Crippen LogP contribution in [0.1, 0.15) is 77.9 Å². The molecule has 216 valence electrons. The van der Waals surface area contributed by atoms with Gasteiger partial charge in [0.05, 0.1) is 35.8 Å². The molecule has 1 aliphatic carbocycles. The van der Waals surface area contributed by atoms with Crippen LogP contribution < -0.4 is 16.7 Å². The number of aliphatic imine (C=N–C) groups is 1. The fraction of sp³-hybridized carbons (Fsp3) is 0.467. The van der Waals surface area contributed by atoms with E-state index >= 15 is 0 Å². The molecule has 0 amide bonds. The van der Waals surface area contributed by atoms with Crippen molar-refractivity contribution in [2.45, 2.75) is 78.0 Å². The molecule has 2 heterocycles. The third-order valence-electron chi connectivity index (χ3n) is 7.09. The number of nitrogens with two attached hydrogens (primary N) is 1. The van der Waals surface area contributed by atoms with Crippen LogP contribution in [-0.2, 0) is 9.53 Å². The quantitative estimate of drug-likeness (QED) is 0.149. The van der Waals surface area contributed by atoms with Gasteiger partial charge >= 0.3 is 5.97 Å². The Labute approximate surface area is 239 Å². The molecule has 11 nitrogen and oxygen atoms in total. The number of carbonyl (C=O) groups is 1. The highest BCUT2D eigenvalue weighted by Gasteiger charge is 2.30. The molecule has 0 aliphatic heterocycles. The third kappa shape index (κ3) is 6.82. The summed E-state index contributed by atoms with van der Waals surface area (Å²) in [5, 5.41) is 21.9. The van der Waals surface area contributed by atoms with Crippen LogP contribution in [0.4, 0.5) is 11.5 Å². The molecule has 3 aromatic rings. The monoisotopic (exact) mass is 558 g/mol. The van der Waals surface area contributed by atoms with Gasteiger partial charge in [-0.3, -0.25) is 14.5 Å². The first-order valence-electron chi connectivity index (χ1n) is 13.9. The second-order valence-electron chi connectivity index (χ2n) is 11.7. The summed E-state index contributed by atoms with van der Waals surface area (Å²) in [4.78, 5) is 32.6. The Kier molecular flexibility index (Phi) is 8.91. The van der Waals surface area contributed by atoms with E-state index in [1.54, 1.807) is 27.0 Å². The molecule has 0 radical (unpaired) electrons. The maximum absolute atomic E-state index is 12.9. The lowest BCUT2D eigenvalue weighted by molar-refractivity contribution is -0.145. The van der Waals surface area contributed by atoms with Gasteiger partial charge in [0.1, 0.15) is 11.0 Å². The van der Waals surface area contributed by atoms with Crippen molar-refractivity contribution in [3.8, 4) is 6.07 Å². The van der Waals surface area contributed by atoms with Crippen LogP contribution in [0.2, 0.25) is 0 Å². The topological polar surface area (TPSA) is 164 Å². The van der Waals surface area contributed by atoms with E-state index in [2.05, 4.69) is 26.5 Å². The molecule has 4 rings (SSSR count). The first kappa shape index (κ1) is 29.5. The van der Waals surface area contributed by atoms with Gasteiger partial charge in [-0.15, -0.1) is 0 Å². The molecule has 1 unspecified atom stereocenters. The Balaban J connectivity index is 1.59. The van der Waals surface area contributed by atoms with Crippen molar-refractivity contribution in [3.63, 3.8) is 0 Å². The maximum Gasteiger partial charge on any atom is 0.360 e. The van der Waals surface area contributed by atoms with Gasteiger partial charge in [-0.1, -0.05) is 38.8 Å². The number of aromatic amines is 1. The molecule has 0 saturated heterocycles. The number of benzene rings is 1. The van der Waals surface area contributed by atoms with Crippen molar-refractivity contribution in [1.82, 2.24) is 14.8 Å². The number of pyridine rings is 1. The zero-order valence-electron chi connectivity index (χ0n) is 24.2. The summed E-state index contributed by atoms with van der Waals surface area (Å²) in [5.41, 5.74) is 1.39. The van der Waals surface area contributed by atoms with Crippen LogP contribution in [0.25, 0.3) is 10.9 Å². The molecule has 1 aliphatic rings. The van der Waals surface area contributed by atoms with E-state index in [1.165, 1.54) is 6.21 Å². The van der Waals surface area contributed by atoms with Crippen LogP contribution in [0.3, 0.4) is 0 Å². The van der Waals surface area contributed by atoms with Crippen molar-refractivity contribution in [2.24, 2.45) is 27.8 Å². The molecule has 2 aromatic heterocycles. The van der Waals surface area contributed by atoms with Crippen molar-refractivity contribution >= 4 is 40.3 Å². The van der Waals surface area contributed by atoms with Gasteiger partial charge in [0.2, 0.25) is 0 Å². The standard InChI is InChI=1S/C30H38N8O3/c1-18(2)26(34-17-22(36-32)29(40)41-30(3,4)5)19-10-12-21(13-11-19)35-27-25-24(14-15-33-28(25)39)38(37-27)23-9-7-6-8-20(23)16-31/h10-15,17-18,20,23,26H,6-9,32H2,1-5H3,(H,33,39)(H,35,37)/t20-,23+,26?/m1/s1. The summed E-state index contributed by atoms with van der Waals surface area (Å²) in [6.07, 6.45) is 6.68. The number of hydrogen-bond donors (Lipinski definition) is 3. The number of rotatable bonds is 8. The van der Waals surface area contributed by atoms with E-state index in [9.17, 15) is 14.9 Å². The van der Waals surface area contributed by atoms with Gasteiger partial charge in [-0.25, -0.2) is 4.79 Å². The largest absolute Gasteiger partial charge is 0.455 e. The number of ether oxygens (including phenoxy) is 1. The highest BCUT2D eigenvalue weighted by molar-refractivity contribution is 6.59. The van der Waals surface area contributed by atoms with Gasteiger partial charge in [-0.05, 0) is 63.3 Å². The van der Waals surface area contributed by atoms with Gasteiger partial charge in [0, 0.05) is 11.9 Å². The van der Waals surface area contributed by atoms with Crippen molar-refractivity contribution in [1.29, 1.82) is 5.26 Å². The number of anilines is 2. The molecular formula is C30H38N8O3. The normalized spacial score (nSPS) is 18.9. The molecule has 1 saturated carbocycles. The molecule has 1 aromatic carbocycles. The summed E-state index contributed by atoms with van der Waals surface area (Å²) in [5.74, 6) is 5.21. The second-order valence-corrected chi connectivity index (χ2v) is 11.7. The van der Waals surface area contributed by atoms with E-state index in [-0.39, 0.29) is 35.2 Å². The predicted molar refractivity (Wildman–Crippen MR) is 160 cm³/mol. The number of aromatic nitrogens is 3. The molecule has 3 atom stereocenters. The molecule has 41 heavy (non-hydrogen) atoms. The lowest BCUT2D eigenvalue weighted by Gasteiger charge is -2.27. The number of H-pyrrole nitrogens is 1. The first-order chi connectivity index (χ1) is 19.5. The fourth-order valence-corrected chi connectivity index (χ4v) is 5.16. The Hall–Kier alpha value is -4.46. The first-order valence-corrected chi connectivity index (χ1v) is 13.9. The number of nitriles is 1. The molecule has 1 fully saturated rings. The minimum absolute atomic E-state index is 0.0619. The van der Waals surface area contributed by atoms with Crippen molar-refractivity contribution < 1.29 is 9.53 Å². The summed E-state index contributed by atoms with van der Waals surface area (Å²) >= 11 is 0. The van der Waals surface area contributed by atoms with Crippen molar-refractivity contribution in [3.05, 3.63) is 52.4 Å². The van der Waals surface area contributed by atoms with E-state index < -0.39 is 11.6 Å². The van der Waals surface area contributed by atoms with Crippen LogP contribution >= 0.6 is 0 Å². The molecule has 0 spiro atoms. The van der Waals surface area contributed by atoms with Gasteiger partial charge in [0.15, 0.2) is 11.5 Å². The van der Waals surface area contributed by atoms with Gasteiger partial charge in [-0.2, -0.15) is 15.5 Å². The average molecular weight is 559 g/mol. The predicted octanol–water partition coefficient (Wildman–Crippen LogP) is 5.15. The lowest BCUT2D eigenvalue weighted by atomic mass is 9.85. The average Bonchev–Trinajstić information content (AvgIpc) is 3.29. The van der Waals surface area contributed by atoms with Crippen LogP contribution in [0.5, 0.6) is 0 Å². The smallest absolute Gasteiger partial charge is 0.360 e. The van der Waals surface area contributed by atoms with Gasteiger partial charge in [0.25, 0.3) is 5.56 Å². The number of carbonyl (C=O) groups excluding carboxylic acids is 1. The number of hydrogen-bond acceptors (Lipinski definition) is 9. The highest BCUT2D eigenvalue weighted by atomic mass is 16.6. The summed E-state index contributed by atoms with van der Waals surface area (Å²) in [6, 6.07) is 11.6. The number of nitrogens with zero attached hydrogens (tertiary/aromatic N) is 5. The van der Waals surface area contributed by atoms with Crippen molar-refractivity contribution in [2.75, 3.05) is 5.32 Å². The third-order valence-corrected chi connectivity index (χ3v) is 7.09. The molecule has 11 heteroatoms. The van der Waals surface area contributed by atoms with Gasteiger partial charge < -0.3 is 20.9 Å². The molecule has 4 N–H and O–H groups in total. The van der Waals surface area contributed by atoms with E-state index in [1.807, 2.05) is 48.9 Å². The minimum Gasteiger partial charge on any atom is -0.455 e. The van der Waals surface area contributed by atoms with E-state index in [4.69, 9.17) is 15.7 Å². The van der Waals surface area contributed by atoms with E-state index in [0.29, 0.717) is 16.7 Å². The summed E-state index contributed by atoms with van der Waals surface area (Å²) in [6.45, 7) is 9.37. The summed E-state index contributed by atoms with van der Waals surface area (Å²) < 4.78 is 7.20. The van der Waals surface area contributed by atoms with Crippen LogP contribution in [0.15, 0.2) is 51.4 Å². The van der Waals surface area contributed by atoms with E-state index in [0.717, 1.165) is 36.9 Å². The minimum atomic E-state index is -0.680. The summed E-state index contributed by atoms with van der Waals surface area (Å²) in [7, 11) is 0. The lowest BCUT2D eigenvalue weighted by Crippen LogP contribution is -2.30. The SMILES string of the molecule is CC(C)C(N=CC(=NN)C(=O)OC(C)(C)C)c1ccc(Nc2nn([C@H]3CCCC[C@@H]3C#N)c3cc[nH]c(=O)c23)cc1. The number of nitrogens with one attached hydrogen (secondary N) is 2. The van der Waals surface area contributed by atoms with Crippen LogP contribution in [0, 0.1) is 23.2 Å². The Morgan fingerprint density at radius 2 is 1.95 bits per heavy atom. The molecular weight excluding hydrogens is 520 g/mol. The second kappa shape index (κ2) is 12.4.